The molecular formula is C11H14O4S. The lowest BCUT2D eigenvalue weighted by Gasteiger charge is -2.08. The lowest BCUT2D eigenvalue weighted by Crippen LogP contribution is -1.98. The van der Waals surface area contributed by atoms with Crippen molar-refractivity contribution in [2.75, 3.05) is 20.5 Å². The fraction of sp³-hybridized carbons (Fsp3) is 0.364. The van der Waals surface area contributed by atoms with Crippen molar-refractivity contribution in [2.45, 2.75) is 6.61 Å². The lowest BCUT2D eigenvalue weighted by molar-refractivity contribution is 0.168. The van der Waals surface area contributed by atoms with Crippen LogP contribution in [-0.2, 0) is 11.3 Å². The van der Waals surface area contributed by atoms with E-state index >= 15 is 0 Å². The van der Waals surface area contributed by atoms with Gasteiger partial charge in [0.15, 0.2) is 0 Å². The highest BCUT2D eigenvalue weighted by Crippen LogP contribution is 2.23. The Kier molecular flexibility index (Phi) is 4.98. The second-order valence-electron chi connectivity index (χ2n) is 2.96. The molecule has 0 bridgehead atoms. The third kappa shape index (κ3) is 3.66. The van der Waals surface area contributed by atoms with E-state index in [9.17, 15) is 4.79 Å². The highest BCUT2D eigenvalue weighted by atomic mass is 32.2. The molecule has 1 aromatic rings. The van der Waals surface area contributed by atoms with Crippen molar-refractivity contribution in [3.8, 4) is 11.5 Å². The van der Waals surface area contributed by atoms with Gasteiger partial charge in [-0.3, -0.25) is 0 Å². The average Bonchev–Trinajstić information content (AvgIpc) is 2.35. The summed E-state index contributed by atoms with van der Waals surface area (Å²) in [7, 11) is 3.15. The predicted molar refractivity (Wildman–Crippen MR) is 63.2 cm³/mol. The van der Waals surface area contributed by atoms with E-state index in [0.717, 1.165) is 17.3 Å². The van der Waals surface area contributed by atoms with Gasteiger partial charge in [0.1, 0.15) is 18.1 Å². The second-order valence-corrected chi connectivity index (χ2v) is 3.71. The number of methoxy groups -OCH3 is 2. The van der Waals surface area contributed by atoms with Crippen LogP contribution in [0.15, 0.2) is 18.2 Å². The minimum absolute atomic E-state index is 0.216. The Bertz CT molecular complexity index is 343. The molecule has 0 atom stereocenters. The van der Waals surface area contributed by atoms with Gasteiger partial charge in [0.2, 0.25) is 0 Å². The highest BCUT2D eigenvalue weighted by Gasteiger charge is 2.04. The third-order valence-electron chi connectivity index (χ3n) is 1.93. The molecule has 0 aliphatic carbocycles. The molecule has 0 saturated carbocycles. The zero-order valence-electron chi connectivity index (χ0n) is 9.48. The van der Waals surface area contributed by atoms with Crippen molar-refractivity contribution in [3.05, 3.63) is 23.8 Å². The molecule has 5 heteroatoms. The Labute approximate surface area is 98.9 Å². The number of carbonyl (C=O) groups is 1. The SMILES string of the molecule is COc1cc(COC(=O)SC)cc(OC)c1. The maximum absolute atomic E-state index is 11.0. The van der Waals surface area contributed by atoms with Crippen LogP contribution in [0.2, 0.25) is 0 Å². The minimum Gasteiger partial charge on any atom is -0.497 e. The smallest absolute Gasteiger partial charge is 0.367 e. The van der Waals surface area contributed by atoms with Crippen molar-refractivity contribution in [3.63, 3.8) is 0 Å². The molecule has 0 spiro atoms. The van der Waals surface area contributed by atoms with Gasteiger partial charge in [-0.1, -0.05) is 0 Å². The summed E-state index contributed by atoms with van der Waals surface area (Å²) in [6.07, 6.45) is 1.68. The molecule has 0 aliphatic heterocycles. The fourth-order valence-corrected chi connectivity index (χ4v) is 1.33. The van der Waals surface area contributed by atoms with Crippen LogP contribution >= 0.6 is 11.8 Å². The lowest BCUT2D eigenvalue weighted by atomic mass is 10.2. The number of thioether (sulfide) groups is 1. The Morgan fingerprint density at radius 2 is 1.75 bits per heavy atom. The van der Waals surface area contributed by atoms with Crippen LogP contribution in [0.25, 0.3) is 0 Å². The van der Waals surface area contributed by atoms with Gasteiger partial charge in [0.05, 0.1) is 14.2 Å². The number of rotatable bonds is 4. The summed E-state index contributed by atoms with van der Waals surface area (Å²) in [5.74, 6) is 1.35. The van der Waals surface area contributed by atoms with E-state index in [-0.39, 0.29) is 11.9 Å². The van der Waals surface area contributed by atoms with Crippen LogP contribution in [0.4, 0.5) is 4.79 Å². The van der Waals surface area contributed by atoms with Crippen LogP contribution in [0.5, 0.6) is 11.5 Å². The van der Waals surface area contributed by atoms with Crippen molar-refractivity contribution in [1.82, 2.24) is 0 Å². The van der Waals surface area contributed by atoms with Crippen LogP contribution in [0, 0.1) is 0 Å². The Morgan fingerprint density at radius 1 is 1.19 bits per heavy atom. The number of benzene rings is 1. The molecule has 0 radical (unpaired) electrons. The maximum atomic E-state index is 11.0. The van der Waals surface area contributed by atoms with Gasteiger partial charge in [-0.25, -0.2) is 4.79 Å². The van der Waals surface area contributed by atoms with E-state index in [4.69, 9.17) is 14.2 Å². The number of hydrogen-bond donors (Lipinski definition) is 0. The molecule has 0 amide bonds. The van der Waals surface area contributed by atoms with E-state index < -0.39 is 0 Å². The number of carbonyl (C=O) groups excluding carboxylic acids is 1. The van der Waals surface area contributed by atoms with Gasteiger partial charge in [0, 0.05) is 6.07 Å². The molecule has 16 heavy (non-hydrogen) atoms. The summed E-state index contributed by atoms with van der Waals surface area (Å²) < 4.78 is 15.2. The number of hydrogen-bond acceptors (Lipinski definition) is 5. The standard InChI is InChI=1S/C11H14O4S/c1-13-9-4-8(5-10(6-9)14-2)7-15-11(12)16-3/h4-6H,7H2,1-3H3. The first-order chi connectivity index (χ1) is 7.69. The summed E-state index contributed by atoms with van der Waals surface area (Å²) >= 11 is 1.04. The zero-order valence-corrected chi connectivity index (χ0v) is 10.3. The van der Waals surface area contributed by atoms with Crippen molar-refractivity contribution in [2.24, 2.45) is 0 Å². The van der Waals surface area contributed by atoms with E-state index in [1.807, 2.05) is 0 Å². The third-order valence-corrected chi connectivity index (χ3v) is 2.39. The van der Waals surface area contributed by atoms with Crippen LogP contribution in [-0.4, -0.2) is 25.8 Å². The molecule has 0 N–H and O–H groups in total. The first-order valence-corrected chi connectivity index (χ1v) is 5.84. The first-order valence-electron chi connectivity index (χ1n) is 4.62. The van der Waals surface area contributed by atoms with Crippen molar-refractivity contribution in [1.29, 1.82) is 0 Å². The zero-order chi connectivity index (χ0) is 12.0. The van der Waals surface area contributed by atoms with Crippen LogP contribution in [0.1, 0.15) is 5.56 Å². The van der Waals surface area contributed by atoms with Crippen LogP contribution < -0.4 is 9.47 Å². The Morgan fingerprint density at radius 3 is 2.19 bits per heavy atom. The molecule has 1 rings (SSSR count). The molecule has 1 aromatic carbocycles. The van der Waals surface area contributed by atoms with Gasteiger partial charge in [0.25, 0.3) is 0 Å². The van der Waals surface area contributed by atoms with Gasteiger partial charge >= 0.3 is 5.30 Å². The minimum atomic E-state index is -0.304. The van der Waals surface area contributed by atoms with E-state index in [1.54, 1.807) is 38.7 Å². The molecule has 4 nitrogen and oxygen atoms in total. The molecule has 0 fully saturated rings. The summed E-state index contributed by atoms with van der Waals surface area (Å²) in [6.45, 7) is 0.216. The summed E-state index contributed by atoms with van der Waals surface area (Å²) in [4.78, 5) is 11.0. The van der Waals surface area contributed by atoms with Gasteiger partial charge in [-0.2, -0.15) is 0 Å². The summed E-state index contributed by atoms with van der Waals surface area (Å²) in [6, 6.07) is 5.37. The quantitative estimate of drug-likeness (QED) is 0.759. The molecule has 0 heterocycles. The molecular weight excluding hydrogens is 228 g/mol. The van der Waals surface area contributed by atoms with Gasteiger partial charge in [-0.15, -0.1) is 0 Å². The number of ether oxygens (including phenoxy) is 3. The Balaban J connectivity index is 2.74. The first kappa shape index (κ1) is 12.7. The molecule has 0 unspecified atom stereocenters. The maximum Gasteiger partial charge on any atom is 0.367 e. The molecule has 0 aromatic heterocycles. The monoisotopic (exact) mass is 242 g/mol. The largest absolute Gasteiger partial charge is 0.497 e. The molecule has 0 saturated heterocycles. The van der Waals surface area contributed by atoms with Gasteiger partial charge in [-0.05, 0) is 35.7 Å². The fourth-order valence-electron chi connectivity index (χ4n) is 1.15. The molecule has 88 valence electrons. The molecule has 0 aliphatic rings. The van der Waals surface area contributed by atoms with Crippen LogP contribution in [0.3, 0.4) is 0 Å². The summed E-state index contributed by atoms with van der Waals surface area (Å²) in [5.41, 5.74) is 0.832. The normalized spacial score (nSPS) is 9.69. The summed E-state index contributed by atoms with van der Waals surface area (Å²) in [5, 5.41) is -0.304. The second kappa shape index (κ2) is 6.27. The topological polar surface area (TPSA) is 44.8 Å². The van der Waals surface area contributed by atoms with Gasteiger partial charge < -0.3 is 14.2 Å². The average molecular weight is 242 g/mol. The highest BCUT2D eigenvalue weighted by molar-refractivity contribution is 8.12. The van der Waals surface area contributed by atoms with E-state index in [1.165, 1.54) is 0 Å². The van der Waals surface area contributed by atoms with Crippen molar-refractivity contribution >= 4 is 17.1 Å². The van der Waals surface area contributed by atoms with E-state index in [2.05, 4.69) is 0 Å². The van der Waals surface area contributed by atoms with Crippen molar-refractivity contribution < 1.29 is 19.0 Å². The Hall–Kier alpha value is -1.36. The van der Waals surface area contributed by atoms with E-state index in [0.29, 0.717) is 11.5 Å². The predicted octanol–water partition coefficient (Wildman–Crippen LogP) is 2.70.